The minimum absolute atomic E-state index is 0.0194. The first-order valence-corrected chi connectivity index (χ1v) is 9.53. The van der Waals surface area contributed by atoms with E-state index in [9.17, 15) is 14.4 Å². The van der Waals surface area contributed by atoms with E-state index < -0.39 is 17.2 Å². The summed E-state index contributed by atoms with van der Waals surface area (Å²) in [7, 11) is 1.78. The second-order valence-corrected chi connectivity index (χ2v) is 6.85. The Morgan fingerprint density at radius 2 is 2.03 bits per heavy atom. The molecule has 3 N–H and O–H groups in total. The zero-order valence-electron chi connectivity index (χ0n) is 17.0. The summed E-state index contributed by atoms with van der Waals surface area (Å²) < 4.78 is 2.94. The van der Waals surface area contributed by atoms with E-state index in [1.165, 1.54) is 15.7 Å². The maximum atomic E-state index is 13.2. The van der Waals surface area contributed by atoms with Gasteiger partial charge < -0.3 is 10.6 Å². The minimum Gasteiger partial charge on any atom is -0.383 e. The Balaban J connectivity index is 2.10. The lowest BCUT2D eigenvalue weighted by atomic mass is 10.1. The molecule has 0 aliphatic rings. The molecule has 3 heterocycles. The summed E-state index contributed by atoms with van der Waals surface area (Å²) in [4.78, 5) is 45.8. The minimum atomic E-state index is -0.693. The fourth-order valence-corrected chi connectivity index (χ4v) is 3.36. The lowest BCUT2D eigenvalue weighted by Crippen LogP contribution is -2.41. The summed E-state index contributed by atoms with van der Waals surface area (Å²) in [6.45, 7) is 6.11. The van der Waals surface area contributed by atoms with Gasteiger partial charge in [-0.3, -0.25) is 23.8 Å². The Bertz CT molecular complexity index is 1190. The van der Waals surface area contributed by atoms with Crippen molar-refractivity contribution in [3.8, 4) is 0 Å². The molecule has 10 heteroatoms. The number of nitrogen functional groups attached to an aromatic ring is 1. The summed E-state index contributed by atoms with van der Waals surface area (Å²) in [5.74, 6) is -0.447. The van der Waals surface area contributed by atoms with Crippen molar-refractivity contribution in [3.63, 3.8) is 0 Å². The number of nitrogens with zero attached hydrogens (tertiary/aromatic N) is 5. The van der Waals surface area contributed by atoms with Gasteiger partial charge in [0.25, 0.3) is 11.5 Å². The largest absolute Gasteiger partial charge is 0.383 e. The first-order valence-electron chi connectivity index (χ1n) is 9.53. The molecule has 3 aromatic rings. The number of aromatic nitrogens is 5. The fraction of sp³-hybridized carbons (Fsp3) is 0.421. The van der Waals surface area contributed by atoms with E-state index in [1.807, 2.05) is 13.8 Å². The molecule has 3 rings (SSSR count). The highest BCUT2D eigenvalue weighted by Crippen LogP contribution is 2.22. The number of anilines is 2. The Morgan fingerprint density at radius 3 is 2.69 bits per heavy atom. The van der Waals surface area contributed by atoms with Gasteiger partial charge in [0.15, 0.2) is 11.3 Å². The van der Waals surface area contributed by atoms with Crippen molar-refractivity contribution in [2.75, 3.05) is 17.2 Å². The molecule has 10 nitrogen and oxygen atoms in total. The summed E-state index contributed by atoms with van der Waals surface area (Å²) >= 11 is 0. The summed E-state index contributed by atoms with van der Waals surface area (Å²) in [6, 6.07) is 1.70. The predicted octanol–water partition coefficient (Wildman–Crippen LogP) is 1.18. The van der Waals surface area contributed by atoms with Crippen LogP contribution >= 0.6 is 0 Å². The number of unbranched alkanes of at least 4 members (excludes halogenated alkanes) is 1. The molecule has 0 atom stereocenters. The van der Waals surface area contributed by atoms with E-state index in [0.29, 0.717) is 17.8 Å². The third-order valence-electron chi connectivity index (χ3n) is 4.89. The maximum Gasteiger partial charge on any atom is 0.330 e. The smallest absolute Gasteiger partial charge is 0.330 e. The number of fused-ring (bicyclic) bond motifs is 1. The number of nitrogens with two attached hydrogens (primary N) is 1. The van der Waals surface area contributed by atoms with Crippen LogP contribution in [0.4, 0.5) is 11.5 Å². The van der Waals surface area contributed by atoms with Crippen LogP contribution in [0.2, 0.25) is 0 Å². The molecule has 0 aliphatic carbocycles. The molecule has 0 fully saturated rings. The van der Waals surface area contributed by atoms with Crippen molar-refractivity contribution in [1.82, 2.24) is 24.3 Å². The third kappa shape index (κ3) is 3.53. The van der Waals surface area contributed by atoms with Crippen LogP contribution in [0.15, 0.2) is 21.9 Å². The predicted molar refractivity (Wildman–Crippen MR) is 111 cm³/mol. The van der Waals surface area contributed by atoms with Gasteiger partial charge in [-0.05, 0) is 26.3 Å². The number of amides is 1. The van der Waals surface area contributed by atoms with Crippen LogP contribution in [0.25, 0.3) is 11.0 Å². The van der Waals surface area contributed by atoms with Crippen LogP contribution in [0.5, 0.6) is 0 Å². The average molecular weight is 399 g/mol. The molecular weight excluding hydrogens is 374 g/mol. The lowest BCUT2D eigenvalue weighted by molar-refractivity contribution is 0.0987. The van der Waals surface area contributed by atoms with E-state index in [0.717, 1.165) is 23.9 Å². The van der Waals surface area contributed by atoms with Gasteiger partial charge >= 0.3 is 5.69 Å². The van der Waals surface area contributed by atoms with Crippen molar-refractivity contribution in [3.05, 3.63) is 44.4 Å². The summed E-state index contributed by atoms with van der Waals surface area (Å²) in [5, 5.41) is 5.06. The number of hydrogen-bond donors (Lipinski definition) is 2. The van der Waals surface area contributed by atoms with Crippen LogP contribution in [0.3, 0.4) is 0 Å². The highest BCUT2D eigenvalue weighted by Gasteiger charge is 2.25. The average Bonchev–Trinajstić information content (AvgIpc) is 2.97. The van der Waals surface area contributed by atoms with Gasteiger partial charge in [-0.1, -0.05) is 13.3 Å². The molecule has 0 spiro atoms. The molecule has 0 saturated heterocycles. The second kappa shape index (κ2) is 7.90. The van der Waals surface area contributed by atoms with Crippen molar-refractivity contribution in [1.29, 1.82) is 0 Å². The normalized spacial score (nSPS) is 11.2. The van der Waals surface area contributed by atoms with Crippen LogP contribution in [-0.2, 0) is 13.6 Å². The Labute approximate surface area is 167 Å². The standard InChI is InChI=1S/C19H25N7O3/c1-5-7-8-26-15(20)14(17(27)22-19(26)29)25(6-2)18(28)12-9-13-11(3)23-24(4)16(13)21-10-12/h9-10H,5-8,20H2,1-4H3,(H,22,27,29). The first-order chi connectivity index (χ1) is 13.8. The summed E-state index contributed by atoms with van der Waals surface area (Å²) in [5.41, 5.74) is 6.57. The number of pyridine rings is 1. The number of hydrogen-bond acceptors (Lipinski definition) is 6. The highest BCUT2D eigenvalue weighted by molar-refractivity contribution is 6.08. The lowest BCUT2D eigenvalue weighted by Gasteiger charge is -2.23. The number of H-pyrrole nitrogens is 1. The van der Waals surface area contributed by atoms with Crippen LogP contribution < -0.4 is 21.9 Å². The van der Waals surface area contributed by atoms with Crippen LogP contribution in [0, 0.1) is 6.92 Å². The van der Waals surface area contributed by atoms with Crippen molar-refractivity contribution < 1.29 is 4.79 Å². The summed E-state index contributed by atoms with van der Waals surface area (Å²) in [6.07, 6.45) is 3.02. The van der Waals surface area contributed by atoms with Crippen LogP contribution in [0.1, 0.15) is 42.7 Å². The van der Waals surface area contributed by atoms with E-state index in [-0.39, 0.29) is 18.1 Å². The highest BCUT2D eigenvalue weighted by atomic mass is 16.2. The monoisotopic (exact) mass is 399 g/mol. The number of aryl methyl sites for hydroxylation is 2. The molecule has 0 aliphatic heterocycles. The van der Waals surface area contributed by atoms with Gasteiger partial charge in [-0.25, -0.2) is 9.78 Å². The number of rotatable bonds is 6. The number of carbonyl (C=O) groups is 1. The molecule has 29 heavy (non-hydrogen) atoms. The Kier molecular flexibility index (Phi) is 5.53. The zero-order valence-corrected chi connectivity index (χ0v) is 17.0. The van der Waals surface area contributed by atoms with Gasteiger partial charge in [0.1, 0.15) is 5.82 Å². The molecular formula is C19H25N7O3. The van der Waals surface area contributed by atoms with E-state index in [2.05, 4.69) is 15.1 Å². The zero-order chi connectivity index (χ0) is 21.3. The Morgan fingerprint density at radius 1 is 1.31 bits per heavy atom. The molecule has 0 radical (unpaired) electrons. The van der Waals surface area contributed by atoms with Crippen molar-refractivity contribution in [2.24, 2.45) is 7.05 Å². The Hall–Kier alpha value is -3.43. The van der Waals surface area contributed by atoms with E-state index >= 15 is 0 Å². The van der Waals surface area contributed by atoms with Gasteiger partial charge in [-0.15, -0.1) is 0 Å². The number of nitrogens with one attached hydrogen (secondary N) is 1. The SMILES string of the molecule is CCCCn1c(N)c(N(CC)C(=O)c2cnc3c(c2)c(C)nn3C)c(=O)[nH]c1=O. The maximum absolute atomic E-state index is 13.2. The van der Waals surface area contributed by atoms with Gasteiger partial charge in [-0.2, -0.15) is 5.10 Å². The molecule has 3 aromatic heterocycles. The van der Waals surface area contributed by atoms with E-state index in [4.69, 9.17) is 5.73 Å². The van der Waals surface area contributed by atoms with Crippen molar-refractivity contribution >= 4 is 28.4 Å². The third-order valence-corrected chi connectivity index (χ3v) is 4.89. The van der Waals surface area contributed by atoms with Gasteiger partial charge in [0.05, 0.1) is 11.3 Å². The van der Waals surface area contributed by atoms with E-state index in [1.54, 1.807) is 24.7 Å². The molecule has 1 amide bonds. The molecule has 0 aromatic carbocycles. The number of aromatic amines is 1. The molecule has 154 valence electrons. The molecule has 0 unspecified atom stereocenters. The van der Waals surface area contributed by atoms with Gasteiger partial charge in [0, 0.05) is 31.7 Å². The number of carbonyl (C=O) groups excluding carboxylic acids is 1. The molecule has 0 saturated carbocycles. The van der Waals surface area contributed by atoms with Crippen molar-refractivity contribution in [2.45, 2.75) is 40.2 Å². The quantitative estimate of drug-likeness (QED) is 0.640. The first kappa shape index (κ1) is 20.3. The van der Waals surface area contributed by atoms with Gasteiger partial charge in [0.2, 0.25) is 0 Å². The topological polar surface area (TPSA) is 132 Å². The molecule has 0 bridgehead atoms. The second-order valence-electron chi connectivity index (χ2n) is 6.85. The fourth-order valence-electron chi connectivity index (χ4n) is 3.36. The van der Waals surface area contributed by atoms with Crippen LogP contribution in [-0.4, -0.2) is 36.8 Å².